The van der Waals surface area contributed by atoms with Gasteiger partial charge in [0.2, 0.25) is 0 Å². The topological polar surface area (TPSA) is 76.8 Å². The third kappa shape index (κ3) is 3.11. The molecule has 0 spiro atoms. The van der Waals surface area contributed by atoms with Gasteiger partial charge in [0.1, 0.15) is 0 Å². The Morgan fingerprint density at radius 3 is 2.94 bits per heavy atom. The summed E-state index contributed by atoms with van der Waals surface area (Å²) in [4.78, 5) is 12.5. The predicted molar refractivity (Wildman–Crippen MR) is 65.3 cm³/mol. The number of furan rings is 1. The summed E-state index contributed by atoms with van der Waals surface area (Å²) in [5.41, 5.74) is 0. The van der Waals surface area contributed by atoms with Gasteiger partial charge in [-0.05, 0) is 18.9 Å². The summed E-state index contributed by atoms with van der Waals surface area (Å²) in [5.74, 6) is 0.844. The van der Waals surface area contributed by atoms with E-state index < -0.39 is 10.1 Å². The van der Waals surface area contributed by atoms with Crippen LogP contribution in [0.15, 0.2) is 16.5 Å². The molecule has 0 amide bonds. The molecule has 0 radical (unpaired) electrons. The SMILES string of the molecule is CS(=O)(=O)OC[C@@H]1CCCN1c1ccc(C=O)o1. The molecule has 1 aromatic heterocycles. The van der Waals surface area contributed by atoms with Gasteiger partial charge in [0.05, 0.1) is 18.9 Å². The van der Waals surface area contributed by atoms with Gasteiger partial charge in [0, 0.05) is 12.6 Å². The number of rotatable bonds is 5. The van der Waals surface area contributed by atoms with Gasteiger partial charge in [-0.2, -0.15) is 8.42 Å². The number of aldehydes is 1. The summed E-state index contributed by atoms with van der Waals surface area (Å²) in [6.45, 7) is 0.875. The van der Waals surface area contributed by atoms with Crippen LogP contribution in [0.5, 0.6) is 0 Å². The van der Waals surface area contributed by atoms with Crippen molar-refractivity contribution in [3.05, 3.63) is 17.9 Å². The van der Waals surface area contributed by atoms with E-state index in [1.165, 1.54) is 0 Å². The van der Waals surface area contributed by atoms with Crippen LogP contribution in [-0.4, -0.2) is 40.2 Å². The van der Waals surface area contributed by atoms with E-state index in [4.69, 9.17) is 8.60 Å². The minimum atomic E-state index is -3.43. The first-order valence-electron chi connectivity index (χ1n) is 5.65. The highest BCUT2D eigenvalue weighted by molar-refractivity contribution is 7.85. The molecule has 1 fully saturated rings. The summed E-state index contributed by atoms with van der Waals surface area (Å²) >= 11 is 0. The Balaban J connectivity index is 2.05. The molecule has 0 saturated carbocycles. The van der Waals surface area contributed by atoms with E-state index in [0.29, 0.717) is 12.2 Å². The van der Waals surface area contributed by atoms with Gasteiger partial charge in [-0.25, -0.2) is 0 Å². The molecule has 1 aliphatic rings. The fourth-order valence-electron chi connectivity index (χ4n) is 2.06. The Morgan fingerprint density at radius 2 is 2.33 bits per heavy atom. The standard InChI is InChI=1S/C11H15NO5S/c1-18(14,15)16-8-9-3-2-6-12(9)11-5-4-10(7-13)17-11/h4-5,7,9H,2-3,6,8H2,1H3/t9-/m0/s1. The highest BCUT2D eigenvalue weighted by atomic mass is 32.2. The summed E-state index contributed by atoms with van der Waals surface area (Å²) in [7, 11) is -3.43. The van der Waals surface area contributed by atoms with Crippen molar-refractivity contribution < 1.29 is 21.8 Å². The van der Waals surface area contributed by atoms with Crippen LogP contribution < -0.4 is 4.90 Å². The summed E-state index contributed by atoms with van der Waals surface area (Å²) in [5, 5.41) is 0. The first kappa shape index (κ1) is 13.1. The second-order valence-electron chi connectivity index (χ2n) is 4.27. The van der Waals surface area contributed by atoms with Crippen molar-refractivity contribution >= 4 is 22.3 Å². The predicted octanol–water partition coefficient (Wildman–Crippen LogP) is 1.04. The van der Waals surface area contributed by atoms with Gasteiger partial charge in [-0.15, -0.1) is 0 Å². The Labute approximate surface area is 106 Å². The minimum absolute atomic E-state index is 0.0367. The van der Waals surface area contributed by atoms with Crippen LogP contribution in [0.1, 0.15) is 23.4 Å². The Morgan fingerprint density at radius 1 is 1.56 bits per heavy atom. The largest absolute Gasteiger partial charge is 0.438 e. The van der Waals surface area contributed by atoms with E-state index in [9.17, 15) is 13.2 Å². The maximum Gasteiger partial charge on any atom is 0.264 e. The van der Waals surface area contributed by atoms with E-state index in [1.54, 1.807) is 12.1 Å². The molecule has 100 valence electrons. The van der Waals surface area contributed by atoms with Gasteiger partial charge >= 0.3 is 0 Å². The van der Waals surface area contributed by atoms with Crippen LogP contribution in [-0.2, 0) is 14.3 Å². The molecule has 1 aliphatic heterocycles. The molecule has 6 nitrogen and oxygen atoms in total. The highest BCUT2D eigenvalue weighted by Gasteiger charge is 2.28. The third-order valence-electron chi connectivity index (χ3n) is 2.86. The fourth-order valence-corrected chi connectivity index (χ4v) is 2.47. The first-order chi connectivity index (χ1) is 8.49. The van der Waals surface area contributed by atoms with Crippen LogP contribution in [0, 0.1) is 0 Å². The smallest absolute Gasteiger partial charge is 0.264 e. The van der Waals surface area contributed by atoms with Crippen LogP contribution in [0.25, 0.3) is 0 Å². The molecule has 1 aromatic rings. The number of hydrogen-bond donors (Lipinski definition) is 0. The monoisotopic (exact) mass is 273 g/mol. The Hall–Kier alpha value is -1.34. The Kier molecular flexibility index (Phi) is 3.72. The van der Waals surface area contributed by atoms with Crippen LogP contribution in [0.3, 0.4) is 0 Å². The van der Waals surface area contributed by atoms with Crippen LogP contribution in [0.4, 0.5) is 5.88 Å². The lowest BCUT2D eigenvalue weighted by Gasteiger charge is -2.23. The number of carbonyl (C=O) groups is 1. The van der Waals surface area contributed by atoms with Crippen molar-refractivity contribution in [2.75, 3.05) is 24.3 Å². The zero-order chi connectivity index (χ0) is 13.2. The molecule has 0 aliphatic carbocycles. The Bertz CT molecular complexity index is 521. The molecule has 2 heterocycles. The number of carbonyl (C=O) groups excluding carboxylic acids is 1. The molecule has 0 bridgehead atoms. The van der Waals surface area contributed by atoms with Crippen molar-refractivity contribution in [1.29, 1.82) is 0 Å². The van der Waals surface area contributed by atoms with Gasteiger partial charge in [0.15, 0.2) is 17.9 Å². The van der Waals surface area contributed by atoms with Crippen molar-refractivity contribution in [1.82, 2.24) is 0 Å². The second-order valence-corrected chi connectivity index (χ2v) is 5.92. The molecular weight excluding hydrogens is 258 g/mol. The lowest BCUT2D eigenvalue weighted by molar-refractivity contribution is 0.110. The van der Waals surface area contributed by atoms with E-state index in [1.807, 2.05) is 4.90 Å². The molecular formula is C11H15NO5S. The zero-order valence-corrected chi connectivity index (χ0v) is 10.9. The van der Waals surface area contributed by atoms with E-state index in [0.717, 1.165) is 25.6 Å². The van der Waals surface area contributed by atoms with Crippen molar-refractivity contribution in [2.45, 2.75) is 18.9 Å². The van der Waals surface area contributed by atoms with Gasteiger partial charge in [0.25, 0.3) is 10.1 Å². The maximum atomic E-state index is 11.0. The van der Waals surface area contributed by atoms with Crippen molar-refractivity contribution in [3.8, 4) is 0 Å². The minimum Gasteiger partial charge on any atom is -0.438 e. The molecule has 0 N–H and O–H groups in total. The summed E-state index contributed by atoms with van der Waals surface area (Å²) in [6, 6.07) is 3.27. The average Bonchev–Trinajstić information content (AvgIpc) is 2.93. The quantitative estimate of drug-likeness (QED) is 0.589. The van der Waals surface area contributed by atoms with E-state index in [2.05, 4.69) is 0 Å². The molecule has 0 unspecified atom stereocenters. The first-order valence-corrected chi connectivity index (χ1v) is 7.47. The fraction of sp³-hybridized carbons (Fsp3) is 0.545. The highest BCUT2D eigenvalue weighted by Crippen LogP contribution is 2.27. The maximum absolute atomic E-state index is 11.0. The summed E-state index contributed by atoms with van der Waals surface area (Å²) in [6.07, 6.45) is 3.45. The van der Waals surface area contributed by atoms with Crippen LogP contribution in [0.2, 0.25) is 0 Å². The van der Waals surface area contributed by atoms with E-state index >= 15 is 0 Å². The molecule has 1 saturated heterocycles. The van der Waals surface area contributed by atoms with Gasteiger partial charge < -0.3 is 9.32 Å². The molecule has 7 heteroatoms. The zero-order valence-electron chi connectivity index (χ0n) is 10.0. The molecule has 0 aromatic carbocycles. The van der Waals surface area contributed by atoms with Crippen molar-refractivity contribution in [3.63, 3.8) is 0 Å². The molecule has 2 rings (SSSR count). The van der Waals surface area contributed by atoms with E-state index in [-0.39, 0.29) is 18.4 Å². The molecule has 18 heavy (non-hydrogen) atoms. The lowest BCUT2D eigenvalue weighted by atomic mass is 10.2. The lowest BCUT2D eigenvalue weighted by Crippen LogP contribution is -2.33. The second kappa shape index (κ2) is 5.11. The number of anilines is 1. The van der Waals surface area contributed by atoms with Gasteiger partial charge in [-0.1, -0.05) is 0 Å². The third-order valence-corrected chi connectivity index (χ3v) is 3.43. The average molecular weight is 273 g/mol. The van der Waals surface area contributed by atoms with Crippen LogP contribution >= 0.6 is 0 Å². The van der Waals surface area contributed by atoms with Crippen molar-refractivity contribution in [2.24, 2.45) is 0 Å². The molecule has 1 atom stereocenters. The normalized spacial score (nSPS) is 20.3. The van der Waals surface area contributed by atoms with Gasteiger partial charge in [-0.3, -0.25) is 8.98 Å². The summed E-state index contributed by atoms with van der Waals surface area (Å²) < 4.78 is 32.1. The number of nitrogens with zero attached hydrogens (tertiary/aromatic N) is 1. The number of hydrogen-bond acceptors (Lipinski definition) is 6.